The minimum absolute atomic E-state index is 0.0514. The molecule has 1 unspecified atom stereocenters. The summed E-state index contributed by atoms with van der Waals surface area (Å²) in [7, 11) is 1.65. The fourth-order valence-corrected chi connectivity index (χ4v) is 4.71. The van der Waals surface area contributed by atoms with Gasteiger partial charge in [-0.25, -0.2) is 4.98 Å². The van der Waals surface area contributed by atoms with E-state index in [1.807, 2.05) is 72.5 Å². The average molecular weight is 456 g/mol. The zero-order valence-electron chi connectivity index (χ0n) is 19.6. The molecule has 1 atom stereocenters. The van der Waals surface area contributed by atoms with Crippen LogP contribution in [0, 0.1) is 6.92 Å². The Morgan fingerprint density at radius 2 is 1.79 bits per heavy atom. The van der Waals surface area contributed by atoms with Gasteiger partial charge in [0.25, 0.3) is 0 Å². The number of hydrogen-bond acceptors (Lipinski definition) is 4. The van der Waals surface area contributed by atoms with Crippen molar-refractivity contribution in [2.24, 2.45) is 0 Å². The van der Waals surface area contributed by atoms with Gasteiger partial charge in [-0.15, -0.1) is 0 Å². The van der Waals surface area contributed by atoms with E-state index in [4.69, 9.17) is 14.5 Å². The quantitative estimate of drug-likeness (QED) is 0.337. The van der Waals surface area contributed by atoms with Gasteiger partial charge in [-0.2, -0.15) is 0 Å². The Bertz CT molecular complexity index is 1310. The van der Waals surface area contributed by atoms with Gasteiger partial charge in [0.1, 0.15) is 5.82 Å². The number of aryl methyl sites for hydroxylation is 2. The van der Waals surface area contributed by atoms with Crippen molar-refractivity contribution in [1.29, 1.82) is 0 Å². The van der Waals surface area contributed by atoms with E-state index in [2.05, 4.69) is 16.7 Å². The van der Waals surface area contributed by atoms with Gasteiger partial charge in [0.05, 0.1) is 24.8 Å². The molecule has 3 aromatic carbocycles. The molecule has 2 heterocycles. The predicted molar refractivity (Wildman–Crippen MR) is 134 cm³/mol. The maximum absolute atomic E-state index is 12.9. The molecule has 1 fully saturated rings. The maximum Gasteiger partial charge on any atom is 0.227 e. The molecule has 5 rings (SSSR count). The van der Waals surface area contributed by atoms with Crippen LogP contribution in [0.3, 0.4) is 0 Å². The van der Waals surface area contributed by atoms with Gasteiger partial charge in [0, 0.05) is 31.1 Å². The zero-order valence-corrected chi connectivity index (χ0v) is 19.6. The number of aromatic nitrogens is 2. The van der Waals surface area contributed by atoms with Crippen LogP contribution in [0.25, 0.3) is 11.0 Å². The van der Waals surface area contributed by atoms with Crippen LogP contribution in [0.1, 0.15) is 30.1 Å². The second kappa shape index (κ2) is 9.59. The van der Waals surface area contributed by atoms with Crippen molar-refractivity contribution in [2.75, 3.05) is 25.2 Å². The van der Waals surface area contributed by atoms with E-state index in [-0.39, 0.29) is 11.8 Å². The van der Waals surface area contributed by atoms with E-state index in [9.17, 15) is 4.79 Å². The number of fused-ring (bicyclic) bond motifs is 1. The highest BCUT2D eigenvalue weighted by molar-refractivity contribution is 5.96. The topological polar surface area (TPSA) is 56.6 Å². The van der Waals surface area contributed by atoms with Gasteiger partial charge in [-0.05, 0) is 55.3 Å². The van der Waals surface area contributed by atoms with Crippen molar-refractivity contribution in [1.82, 2.24) is 9.55 Å². The lowest BCUT2D eigenvalue weighted by molar-refractivity contribution is -0.117. The van der Waals surface area contributed by atoms with Crippen LogP contribution >= 0.6 is 0 Å². The molecular weight excluding hydrogens is 426 g/mol. The number of para-hydroxylation sites is 4. The molecule has 0 saturated carbocycles. The van der Waals surface area contributed by atoms with Gasteiger partial charge in [0.15, 0.2) is 11.5 Å². The molecule has 6 heteroatoms. The minimum atomic E-state index is 0.0514. The lowest BCUT2D eigenvalue weighted by Gasteiger charge is -2.18. The Kier molecular flexibility index (Phi) is 6.21. The molecular formula is C28H29N3O3. The molecule has 4 aromatic rings. The second-order valence-electron chi connectivity index (χ2n) is 8.71. The molecule has 1 amide bonds. The highest BCUT2D eigenvalue weighted by Gasteiger charge is 2.34. The van der Waals surface area contributed by atoms with Crippen molar-refractivity contribution < 1.29 is 14.3 Å². The SMILES string of the molecule is COc1ccccc1OCCCn1c(C2CC(=O)N(c3cccc(C)c3)C2)nc2ccccc21. The van der Waals surface area contributed by atoms with Gasteiger partial charge in [-0.1, -0.05) is 36.4 Å². The highest BCUT2D eigenvalue weighted by atomic mass is 16.5. The summed E-state index contributed by atoms with van der Waals surface area (Å²) in [6, 6.07) is 24.0. The van der Waals surface area contributed by atoms with Gasteiger partial charge in [0.2, 0.25) is 5.91 Å². The Morgan fingerprint density at radius 3 is 2.62 bits per heavy atom. The van der Waals surface area contributed by atoms with Gasteiger partial charge in [-0.3, -0.25) is 4.79 Å². The summed E-state index contributed by atoms with van der Waals surface area (Å²) in [5.41, 5.74) is 4.16. The molecule has 1 saturated heterocycles. The first-order valence-corrected chi connectivity index (χ1v) is 11.7. The van der Waals surface area contributed by atoms with E-state index in [0.29, 0.717) is 19.6 Å². The molecule has 0 radical (unpaired) electrons. The van der Waals surface area contributed by atoms with Crippen LogP contribution in [0.4, 0.5) is 5.69 Å². The van der Waals surface area contributed by atoms with Crippen molar-refractivity contribution in [2.45, 2.75) is 32.2 Å². The molecule has 1 aliphatic rings. The number of amides is 1. The molecule has 0 spiro atoms. The lowest BCUT2D eigenvalue weighted by atomic mass is 10.1. The first kappa shape index (κ1) is 22.0. The van der Waals surface area contributed by atoms with E-state index in [0.717, 1.165) is 52.6 Å². The zero-order chi connectivity index (χ0) is 23.5. The Morgan fingerprint density at radius 1 is 1.00 bits per heavy atom. The summed E-state index contributed by atoms with van der Waals surface area (Å²) in [6.07, 6.45) is 1.28. The van der Waals surface area contributed by atoms with Crippen LogP contribution in [-0.4, -0.2) is 35.7 Å². The Balaban J connectivity index is 1.35. The number of ether oxygens (including phenoxy) is 2. The molecule has 1 aliphatic heterocycles. The van der Waals surface area contributed by atoms with Crippen molar-refractivity contribution >= 4 is 22.6 Å². The van der Waals surface area contributed by atoms with Crippen LogP contribution in [0.5, 0.6) is 11.5 Å². The molecule has 0 bridgehead atoms. The number of carbonyl (C=O) groups is 1. The first-order chi connectivity index (χ1) is 16.6. The molecule has 174 valence electrons. The third-order valence-corrected chi connectivity index (χ3v) is 6.34. The minimum Gasteiger partial charge on any atom is -0.493 e. The number of rotatable bonds is 8. The van der Waals surface area contributed by atoms with E-state index >= 15 is 0 Å². The maximum atomic E-state index is 12.9. The Hall–Kier alpha value is -3.80. The van der Waals surface area contributed by atoms with Crippen LogP contribution in [-0.2, 0) is 11.3 Å². The summed E-state index contributed by atoms with van der Waals surface area (Å²) in [6.45, 7) is 4.02. The van der Waals surface area contributed by atoms with Crippen LogP contribution in [0.15, 0.2) is 72.8 Å². The fraction of sp³-hybridized carbons (Fsp3) is 0.286. The number of carbonyl (C=O) groups excluding carboxylic acids is 1. The molecule has 34 heavy (non-hydrogen) atoms. The Labute approximate surface area is 199 Å². The van der Waals surface area contributed by atoms with Crippen molar-refractivity contribution in [3.63, 3.8) is 0 Å². The summed E-state index contributed by atoms with van der Waals surface area (Å²) >= 11 is 0. The summed E-state index contributed by atoms with van der Waals surface area (Å²) in [4.78, 5) is 19.8. The summed E-state index contributed by atoms with van der Waals surface area (Å²) in [5.74, 6) is 2.65. The normalized spacial score (nSPS) is 15.8. The molecule has 6 nitrogen and oxygen atoms in total. The number of benzene rings is 3. The van der Waals surface area contributed by atoms with E-state index in [1.165, 1.54) is 0 Å². The summed E-state index contributed by atoms with van der Waals surface area (Å²) < 4.78 is 13.6. The second-order valence-corrected chi connectivity index (χ2v) is 8.71. The molecule has 1 aromatic heterocycles. The van der Waals surface area contributed by atoms with Crippen LogP contribution < -0.4 is 14.4 Å². The van der Waals surface area contributed by atoms with Gasteiger partial charge >= 0.3 is 0 Å². The van der Waals surface area contributed by atoms with Gasteiger partial charge < -0.3 is 18.9 Å². The third-order valence-electron chi connectivity index (χ3n) is 6.34. The number of nitrogens with zero attached hydrogens (tertiary/aromatic N) is 3. The van der Waals surface area contributed by atoms with E-state index < -0.39 is 0 Å². The number of anilines is 1. The number of hydrogen-bond donors (Lipinski definition) is 0. The number of methoxy groups -OCH3 is 1. The molecule has 0 aliphatic carbocycles. The lowest BCUT2D eigenvalue weighted by Crippen LogP contribution is -2.24. The van der Waals surface area contributed by atoms with E-state index in [1.54, 1.807) is 7.11 Å². The van der Waals surface area contributed by atoms with Crippen molar-refractivity contribution in [3.8, 4) is 11.5 Å². The standard InChI is InChI=1S/C28H29N3O3/c1-20-9-7-10-22(17-20)31-19-21(18-27(31)32)28-29-23-11-3-4-12-24(23)30(28)15-8-16-34-26-14-6-5-13-25(26)33-2/h3-7,9-14,17,21H,8,15-16,18-19H2,1-2H3. The number of imidazole rings is 1. The monoisotopic (exact) mass is 455 g/mol. The molecule has 0 N–H and O–H groups in total. The largest absolute Gasteiger partial charge is 0.493 e. The fourth-order valence-electron chi connectivity index (χ4n) is 4.71. The van der Waals surface area contributed by atoms with Crippen LogP contribution in [0.2, 0.25) is 0 Å². The average Bonchev–Trinajstić information content (AvgIpc) is 3.42. The van der Waals surface area contributed by atoms with Crippen molar-refractivity contribution in [3.05, 3.63) is 84.2 Å². The highest BCUT2D eigenvalue weighted by Crippen LogP contribution is 2.33. The summed E-state index contributed by atoms with van der Waals surface area (Å²) in [5, 5.41) is 0. The third kappa shape index (κ3) is 4.36. The first-order valence-electron chi connectivity index (χ1n) is 11.7. The predicted octanol–water partition coefficient (Wildman–Crippen LogP) is 5.34. The smallest absolute Gasteiger partial charge is 0.227 e.